The zero-order valence-electron chi connectivity index (χ0n) is 34.8. The molecule has 3 aromatic carbocycles. The number of nitrogens with one attached hydrogen (secondary N) is 6. The standard InChI is InChI=1S/C44H56N8O10/c1-26(2)20-34(41(57)50-33(43(59)60)18-10-11-19-45)51-42(58)35(21-27-12-4-3-5-13-27)49-39(55)24-47-38(54)23-48-40(56)36(22-37(46)53)52-44(61)62-25-32-30-16-8-6-14-28(30)29-15-7-9-17-31(29)32/h3-9,12-17,26,32-36H,10-11,18-25,45H2,1-2H3,(H2,46,53)(H,47,54)(H,48,56)(H,49,55)(H,50,57)(H,51,58)(H,52,61)(H,59,60)/t33-,34-,35-,36-/m0/s1. The van der Waals surface area contributed by atoms with Crippen LogP contribution in [0.1, 0.15) is 68.6 Å². The van der Waals surface area contributed by atoms with Crippen LogP contribution in [0.3, 0.4) is 0 Å². The number of nitrogens with two attached hydrogens (primary N) is 2. The Kier molecular flexibility index (Phi) is 18.4. The summed E-state index contributed by atoms with van der Waals surface area (Å²) in [4.78, 5) is 102. The van der Waals surface area contributed by atoms with Crippen LogP contribution in [0, 0.1) is 5.92 Å². The van der Waals surface area contributed by atoms with Crippen molar-refractivity contribution in [3.8, 4) is 11.1 Å². The number of hydrogen-bond acceptors (Lipinski definition) is 10. The average Bonchev–Trinajstić information content (AvgIpc) is 3.56. The van der Waals surface area contributed by atoms with Gasteiger partial charge in [0, 0.05) is 12.3 Å². The van der Waals surface area contributed by atoms with Gasteiger partial charge in [0.1, 0.15) is 30.8 Å². The van der Waals surface area contributed by atoms with E-state index in [2.05, 4.69) is 31.9 Å². The van der Waals surface area contributed by atoms with Gasteiger partial charge in [0.05, 0.1) is 19.5 Å². The monoisotopic (exact) mass is 856 g/mol. The molecule has 0 radical (unpaired) electrons. The Balaban J connectivity index is 1.31. The Morgan fingerprint density at radius 1 is 0.661 bits per heavy atom. The molecule has 62 heavy (non-hydrogen) atoms. The predicted octanol–water partition coefficient (Wildman–Crippen LogP) is 0.958. The van der Waals surface area contributed by atoms with Crippen molar-refractivity contribution in [3.63, 3.8) is 0 Å². The van der Waals surface area contributed by atoms with Crippen LogP contribution in [0.4, 0.5) is 4.79 Å². The lowest BCUT2D eigenvalue weighted by atomic mass is 9.98. The van der Waals surface area contributed by atoms with Crippen LogP contribution in [-0.4, -0.2) is 103 Å². The molecule has 0 bridgehead atoms. The van der Waals surface area contributed by atoms with Gasteiger partial charge >= 0.3 is 12.1 Å². The van der Waals surface area contributed by atoms with E-state index in [0.29, 0.717) is 24.9 Å². The van der Waals surface area contributed by atoms with Crippen molar-refractivity contribution >= 4 is 47.5 Å². The third kappa shape index (κ3) is 14.7. The molecule has 1 aliphatic rings. The molecule has 11 N–H and O–H groups in total. The number of unbranched alkanes of at least 4 members (excludes halogenated alkanes) is 1. The van der Waals surface area contributed by atoms with Crippen molar-refractivity contribution in [2.24, 2.45) is 17.4 Å². The van der Waals surface area contributed by atoms with Gasteiger partial charge in [-0.2, -0.15) is 0 Å². The van der Waals surface area contributed by atoms with Crippen molar-refractivity contribution < 1.29 is 48.2 Å². The number of carboxylic acid groups (broad SMARTS) is 1. The summed E-state index contributed by atoms with van der Waals surface area (Å²) >= 11 is 0. The second kappa shape index (κ2) is 23.8. The average molecular weight is 857 g/mol. The van der Waals surface area contributed by atoms with Crippen LogP contribution in [0.5, 0.6) is 0 Å². The van der Waals surface area contributed by atoms with Crippen LogP contribution in [0.15, 0.2) is 78.9 Å². The third-order valence-corrected chi connectivity index (χ3v) is 10.1. The lowest BCUT2D eigenvalue weighted by Gasteiger charge is -2.25. The van der Waals surface area contributed by atoms with Crippen LogP contribution >= 0.6 is 0 Å². The molecular formula is C44H56N8O10. The third-order valence-electron chi connectivity index (χ3n) is 10.1. The zero-order chi connectivity index (χ0) is 45.2. The van der Waals surface area contributed by atoms with E-state index in [-0.39, 0.29) is 37.7 Å². The minimum atomic E-state index is -1.48. The number of aliphatic carboxylic acids is 1. The number of ether oxygens (including phenoxy) is 1. The van der Waals surface area contributed by atoms with Crippen LogP contribution in [-0.2, 0) is 44.7 Å². The molecule has 0 unspecified atom stereocenters. The Bertz CT molecular complexity index is 2020. The van der Waals surface area contributed by atoms with E-state index in [1.165, 1.54) is 0 Å². The molecule has 0 aliphatic heterocycles. The normalized spacial score (nSPS) is 13.5. The molecule has 332 valence electrons. The molecule has 4 atom stereocenters. The molecule has 7 amide bonds. The highest BCUT2D eigenvalue weighted by atomic mass is 16.5. The minimum Gasteiger partial charge on any atom is -0.480 e. The molecule has 0 fully saturated rings. The highest BCUT2D eigenvalue weighted by molar-refractivity contribution is 5.95. The van der Waals surface area contributed by atoms with E-state index in [1.54, 1.807) is 30.3 Å². The summed E-state index contributed by atoms with van der Waals surface area (Å²) < 4.78 is 5.49. The second-order valence-electron chi connectivity index (χ2n) is 15.4. The topological polar surface area (TPSA) is 290 Å². The first-order valence-corrected chi connectivity index (χ1v) is 20.5. The summed E-state index contributed by atoms with van der Waals surface area (Å²) in [5.41, 5.74) is 15.5. The quantitative estimate of drug-likeness (QED) is 0.0572. The fourth-order valence-electron chi connectivity index (χ4n) is 7.03. The number of alkyl carbamates (subject to hydrolysis) is 1. The first-order chi connectivity index (χ1) is 29.7. The van der Waals surface area contributed by atoms with E-state index < -0.39 is 91.2 Å². The molecule has 3 aromatic rings. The van der Waals surface area contributed by atoms with E-state index in [4.69, 9.17) is 16.2 Å². The molecule has 18 heteroatoms. The number of carbonyl (C=O) groups excluding carboxylic acids is 7. The van der Waals surface area contributed by atoms with Gasteiger partial charge in [0.2, 0.25) is 35.4 Å². The van der Waals surface area contributed by atoms with Crippen LogP contribution in [0.2, 0.25) is 0 Å². The molecule has 0 spiro atoms. The summed E-state index contributed by atoms with van der Waals surface area (Å²) in [7, 11) is 0. The molecule has 0 saturated heterocycles. The fraction of sp³-hybridized carbons (Fsp3) is 0.409. The van der Waals surface area contributed by atoms with Gasteiger partial charge in [-0.25, -0.2) is 9.59 Å². The Labute approximate surface area is 359 Å². The summed E-state index contributed by atoms with van der Waals surface area (Å²) in [5.74, 6) is -6.40. The number of benzene rings is 3. The first kappa shape index (κ1) is 47.9. The Morgan fingerprint density at radius 2 is 1.24 bits per heavy atom. The van der Waals surface area contributed by atoms with Crippen molar-refractivity contribution in [2.75, 3.05) is 26.2 Å². The number of carboxylic acids is 1. The molecule has 18 nitrogen and oxygen atoms in total. The largest absolute Gasteiger partial charge is 0.480 e. The van der Waals surface area contributed by atoms with E-state index in [9.17, 15) is 43.5 Å². The van der Waals surface area contributed by atoms with Crippen molar-refractivity contribution in [2.45, 2.75) is 82.5 Å². The van der Waals surface area contributed by atoms with Crippen molar-refractivity contribution in [3.05, 3.63) is 95.6 Å². The maximum absolute atomic E-state index is 13.7. The van der Waals surface area contributed by atoms with Crippen molar-refractivity contribution in [1.29, 1.82) is 0 Å². The maximum atomic E-state index is 13.7. The van der Waals surface area contributed by atoms with Gasteiger partial charge in [0.25, 0.3) is 0 Å². The minimum absolute atomic E-state index is 0.00714. The number of fused-ring (bicyclic) bond motifs is 3. The number of amides is 7. The summed E-state index contributed by atoms with van der Waals surface area (Å²) in [6, 6.07) is 19.2. The smallest absolute Gasteiger partial charge is 0.407 e. The Hall–Kier alpha value is -6.82. The zero-order valence-corrected chi connectivity index (χ0v) is 34.8. The van der Waals surface area contributed by atoms with E-state index >= 15 is 0 Å². The van der Waals surface area contributed by atoms with Gasteiger partial charge in [-0.3, -0.25) is 28.8 Å². The Morgan fingerprint density at radius 3 is 1.84 bits per heavy atom. The van der Waals surface area contributed by atoms with Crippen LogP contribution in [0.25, 0.3) is 11.1 Å². The summed E-state index contributed by atoms with van der Waals surface area (Å²) in [6.07, 6.45) is -0.214. The second-order valence-corrected chi connectivity index (χ2v) is 15.4. The summed E-state index contributed by atoms with van der Waals surface area (Å²) in [6.45, 7) is 2.70. The highest BCUT2D eigenvalue weighted by Gasteiger charge is 2.32. The van der Waals surface area contributed by atoms with Gasteiger partial charge in [-0.05, 0) is 66.0 Å². The molecular weight excluding hydrogens is 801 g/mol. The van der Waals surface area contributed by atoms with E-state index in [1.807, 2.05) is 62.4 Å². The molecule has 0 heterocycles. The number of carbonyl (C=O) groups is 8. The van der Waals surface area contributed by atoms with Gasteiger partial charge in [-0.1, -0.05) is 92.7 Å². The fourth-order valence-corrected chi connectivity index (χ4v) is 7.03. The van der Waals surface area contributed by atoms with Crippen molar-refractivity contribution in [1.82, 2.24) is 31.9 Å². The van der Waals surface area contributed by atoms with Gasteiger partial charge in [0.15, 0.2) is 0 Å². The van der Waals surface area contributed by atoms with E-state index in [0.717, 1.165) is 22.3 Å². The summed E-state index contributed by atoms with van der Waals surface area (Å²) in [5, 5.41) is 24.4. The molecule has 0 saturated carbocycles. The number of primary amides is 1. The molecule has 0 aromatic heterocycles. The first-order valence-electron chi connectivity index (χ1n) is 20.5. The van der Waals surface area contributed by atoms with Gasteiger partial charge in [-0.15, -0.1) is 0 Å². The van der Waals surface area contributed by atoms with Gasteiger partial charge < -0.3 is 53.2 Å². The van der Waals surface area contributed by atoms with Crippen LogP contribution < -0.4 is 43.4 Å². The molecule has 4 rings (SSSR count). The number of hydrogen-bond donors (Lipinski definition) is 9. The lowest BCUT2D eigenvalue weighted by Crippen LogP contribution is -2.57. The highest BCUT2D eigenvalue weighted by Crippen LogP contribution is 2.44. The number of rotatable bonds is 24. The molecule has 1 aliphatic carbocycles. The lowest BCUT2D eigenvalue weighted by molar-refractivity contribution is -0.142. The SMILES string of the molecule is CC(C)C[C@H](NC(=O)[C@H](Cc1ccccc1)NC(=O)CNC(=O)CNC(=O)[C@H](CC(N)=O)NC(=O)OCC1c2ccccc2-c2ccccc21)C(=O)N[C@@H](CCCCN)C(=O)O. The maximum Gasteiger partial charge on any atom is 0.407 e. The predicted molar refractivity (Wildman–Crippen MR) is 228 cm³/mol.